The molecule has 0 saturated carbocycles. The summed E-state index contributed by atoms with van der Waals surface area (Å²) in [5, 5.41) is 3.09. The summed E-state index contributed by atoms with van der Waals surface area (Å²) in [6.07, 6.45) is -4.37. The number of anilines is 1. The molecule has 3 N–H and O–H groups in total. The van der Waals surface area contributed by atoms with Crippen molar-refractivity contribution in [2.75, 3.05) is 11.9 Å². The number of aryl methyl sites for hydroxylation is 1. The Labute approximate surface area is 153 Å². The van der Waals surface area contributed by atoms with Crippen LogP contribution in [0.5, 0.6) is 0 Å². The minimum Gasteiger partial charge on any atom is -0.381 e. The lowest BCUT2D eigenvalue weighted by atomic mass is 10.1. The molecule has 0 radical (unpaired) electrons. The maximum atomic E-state index is 12.8. The second-order valence-electron chi connectivity index (χ2n) is 6.20. The standard InChI is InChI=1S/C19H19F3N4O/c1-12-18(27)26(8-7-23)17-10-15(5-6-16(17)25-12)24-11-13-3-2-4-14(9-13)19(20,21)22/h2-6,9-10,24H,7-8,11,23H2,1H3. The Hall–Kier alpha value is -2.87. The molecule has 0 amide bonds. The van der Waals surface area contributed by atoms with E-state index in [1.807, 2.05) is 0 Å². The molecule has 0 aliphatic heterocycles. The molecule has 3 rings (SSSR count). The van der Waals surface area contributed by atoms with Gasteiger partial charge >= 0.3 is 6.18 Å². The van der Waals surface area contributed by atoms with Crippen LogP contribution in [0.2, 0.25) is 0 Å². The Morgan fingerprint density at radius 3 is 2.67 bits per heavy atom. The van der Waals surface area contributed by atoms with Crippen LogP contribution in [0.3, 0.4) is 0 Å². The van der Waals surface area contributed by atoms with Crippen molar-refractivity contribution in [3.63, 3.8) is 0 Å². The topological polar surface area (TPSA) is 72.9 Å². The van der Waals surface area contributed by atoms with Gasteiger partial charge in [-0.3, -0.25) is 4.79 Å². The first-order valence-corrected chi connectivity index (χ1v) is 8.41. The molecule has 8 heteroatoms. The van der Waals surface area contributed by atoms with Crippen LogP contribution >= 0.6 is 0 Å². The van der Waals surface area contributed by atoms with Crippen LogP contribution < -0.4 is 16.6 Å². The molecule has 0 aliphatic carbocycles. The van der Waals surface area contributed by atoms with Gasteiger partial charge < -0.3 is 15.6 Å². The monoisotopic (exact) mass is 376 g/mol. The van der Waals surface area contributed by atoms with Gasteiger partial charge in [0.1, 0.15) is 5.69 Å². The highest BCUT2D eigenvalue weighted by molar-refractivity contribution is 5.79. The number of aromatic nitrogens is 2. The van der Waals surface area contributed by atoms with Crippen molar-refractivity contribution >= 4 is 16.7 Å². The molecule has 0 spiro atoms. The molecule has 0 fully saturated rings. The third kappa shape index (κ3) is 4.11. The summed E-state index contributed by atoms with van der Waals surface area (Å²) in [7, 11) is 0. The molecule has 0 unspecified atom stereocenters. The van der Waals surface area contributed by atoms with Gasteiger partial charge in [0.2, 0.25) is 0 Å². The van der Waals surface area contributed by atoms with E-state index in [0.717, 1.165) is 12.1 Å². The van der Waals surface area contributed by atoms with Gasteiger partial charge in [-0.1, -0.05) is 12.1 Å². The fraction of sp³-hybridized carbons (Fsp3) is 0.263. The average molecular weight is 376 g/mol. The molecule has 3 aromatic rings. The zero-order valence-corrected chi connectivity index (χ0v) is 14.7. The SMILES string of the molecule is Cc1nc2ccc(NCc3cccc(C(F)(F)F)c3)cc2n(CCN)c1=O. The summed E-state index contributed by atoms with van der Waals surface area (Å²) in [5.41, 5.74) is 7.57. The third-order valence-corrected chi connectivity index (χ3v) is 4.21. The Balaban J connectivity index is 1.89. The largest absolute Gasteiger partial charge is 0.416 e. The smallest absolute Gasteiger partial charge is 0.381 e. The molecule has 5 nitrogen and oxygen atoms in total. The van der Waals surface area contributed by atoms with E-state index in [1.54, 1.807) is 35.8 Å². The molecular weight excluding hydrogens is 357 g/mol. The Morgan fingerprint density at radius 2 is 1.96 bits per heavy atom. The lowest BCUT2D eigenvalue weighted by Crippen LogP contribution is -2.27. The number of nitrogens with one attached hydrogen (secondary N) is 1. The number of fused-ring (bicyclic) bond motifs is 1. The highest BCUT2D eigenvalue weighted by Gasteiger charge is 2.30. The molecular formula is C19H19F3N4O. The highest BCUT2D eigenvalue weighted by atomic mass is 19.4. The van der Waals surface area contributed by atoms with Gasteiger partial charge in [-0.05, 0) is 42.8 Å². The van der Waals surface area contributed by atoms with Crippen LogP contribution in [-0.4, -0.2) is 16.1 Å². The van der Waals surface area contributed by atoms with Crippen molar-refractivity contribution in [2.24, 2.45) is 5.73 Å². The maximum absolute atomic E-state index is 12.8. The summed E-state index contributed by atoms with van der Waals surface area (Å²) in [5.74, 6) is 0. The van der Waals surface area contributed by atoms with E-state index >= 15 is 0 Å². The van der Waals surface area contributed by atoms with Gasteiger partial charge in [0.15, 0.2) is 0 Å². The van der Waals surface area contributed by atoms with Gasteiger partial charge in [-0.25, -0.2) is 4.98 Å². The number of hydrogen-bond acceptors (Lipinski definition) is 4. The van der Waals surface area contributed by atoms with Gasteiger partial charge in [-0.2, -0.15) is 13.2 Å². The van der Waals surface area contributed by atoms with Crippen LogP contribution in [0.25, 0.3) is 11.0 Å². The molecule has 1 heterocycles. The van der Waals surface area contributed by atoms with Crippen molar-refractivity contribution in [1.29, 1.82) is 0 Å². The first-order chi connectivity index (χ1) is 12.8. The van der Waals surface area contributed by atoms with E-state index in [4.69, 9.17) is 5.73 Å². The summed E-state index contributed by atoms with van der Waals surface area (Å²) < 4.78 is 40.0. The Kier molecular flexibility index (Phi) is 5.18. The highest BCUT2D eigenvalue weighted by Crippen LogP contribution is 2.29. The fourth-order valence-electron chi connectivity index (χ4n) is 2.89. The average Bonchev–Trinajstić information content (AvgIpc) is 2.63. The molecule has 0 atom stereocenters. The number of benzene rings is 2. The number of alkyl halides is 3. The van der Waals surface area contributed by atoms with Gasteiger partial charge in [0, 0.05) is 25.3 Å². The van der Waals surface area contributed by atoms with Crippen LogP contribution in [0.15, 0.2) is 47.3 Å². The minimum atomic E-state index is -4.37. The summed E-state index contributed by atoms with van der Waals surface area (Å²) in [6, 6.07) is 10.5. The zero-order chi connectivity index (χ0) is 19.6. The molecule has 0 aliphatic rings. The molecule has 1 aromatic heterocycles. The molecule has 0 bridgehead atoms. The van der Waals surface area contributed by atoms with Gasteiger partial charge in [0.25, 0.3) is 5.56 Å². The lowest BCUT2D eigenvalue weighted by Gasteiger charge is -2.13. The van der Waals surface area contributed by atoms with Crippen molar-refractivity contribution in [3.8, 4) is 0 Å². The van der Waals surface area contributed by atoms with E-state index < -0.39 is 11.7 Å². The van der Waals surface area contributed by atoms with E-state index in [0.29, 0.717) is 41.1 Å². The third-order valence-electron chi connectivity index (χ3n) is 4.21. The number of hydrogen-bond donors (Lipinski definition) is 2. The normalized spacial score (nSPS) is 11.7. The van der Waals surface area contributed by atoms with Crippen LogP contribution in [0.1, 0.15) is 16.8 Å². The number of nitrogens with two attached hydrogens (primary N) is 1. The first kappa shape index (κ1) is 18.9. The minimum absolute atomic E-state index is 0.206. The predicted molar refractivity (Wildman–Crippen MR) is 98.6 cm³/mol. The Bertz CT molecular complexity index is 1030. The van der Waals surface area contributed by atoms with Gasteiger partial charge in [0.05, 0.1) is 16.6 Å². The molecule has 27 heavy (non-hydrogen) atoms. The molecule has 142 valence electrons. The second kappa shape index (κ2) is 7.40. The van der Waals surface area contributed by atoms with Crippen molar-refractivity contribution in [3.05, 3.63) is 69.6 Å². The Morgan fingerprint density at radius 1 is 1.19 bits per heavy atom. The summed E-state index contributed by atoms with van der Waals surface area (Å²) in [6.45, 7) is 2.53. The number of rotatable bonds is 5. The number of halogens is 3. The van der Waals surface area contributed by atoms with Crippen LogP contribution in [0, 0.1) is 6.92 Å². The predicted octanol–water partition coefficient (Wildman–Crippen LogP) is 3.29. The quantitative estimate of drug-likeness (QED) is 0.717. The molecule has 0 saturated heterocycles. The van der Waals surface area contributed by atoms with E-state index in [9.17, 15) is 18.0 Å². The fourth-order valence-corrected chi connectivity index (χ4v) is 2.89. The number of nitrogens with zero attached hydrogens (tertiary/aromatic N) is 2. The van der Waals surface area contributed by atoms with Crippen LogP contribution in [-0.2, 0) is 19.3 Å². The summed E-state index contributed by atoms with van der Waals surface area (Å²) >= 11 is 0. The van der Waals surface area contributed by atoms with E-state index in [2.05, 4.69) is 10.3 Å². The van der Waals surface area contributed by atoms with Crippen molar-refractivity contribution < 1.29 is 13.2 Å². The van der Waals surface area contributed by atoms with Gasteiger partial charge in [-0.15, -0.1) is 0 Å². The maximum Gasteiger partial charge on any atom is 0.416 e. The van der Waals surface area contributed by atoms with Crippen molar-refractivity contribution in [2.45, 2.75) is 26.2 Å². The van der Waals surface area contributed by atoms with Crippen molar-refractivity contribution in [1.82, 2.24) is 9.55 Å². The first-order valence-electron chi connectivity index (χ1n) is 8.41. The van der Waals surface area contributed by atoms with E-state index in [-0.39, 0.29) is 12.1 Å². The second-order valence-corrected chi connectivity index (χ2v) is 6.20. The zero-order valence-electron chi connectivity index (χ0n) is 14.7. The van der Waals surface area contributed by atoms with E-state index in [1.165, 1.54) is 6.07 Å². The molecule has 2 aromatic carbocycles. The van der Waals surface area contributed by atoms with Crippen LogP contribution in [0.4, 0.5) is 18.9 Å². The lowest BCUT2D eigenvalue weighted by molar-refractivity contribution is -0.137. The summed E-state index contributed by atoms with van der Waals surface area (Å²) in [4.78, 5) is 16.6.